The van der Waals surface area contributed by atoms with Crippen LogP contribution in [0.2, 0.25) is 0 Å². The van der Waals surface area contributed by atoms with E-state index in [9.17, 15) is 8.78 Å². The highest BCUT2D eigenvalue weighted by molar-refractivity contribution is 7.99. The Morgan fingerprint density at radius 3 is 2.38 bits per heavy atom. The summed E-state index contributed by atoms with van der Waals surface area (Å²) in [5.41, 5.74) is 1.98. The molecule has 156 valence electrons. The highest BCUT2D eigenvalue weighted by Gasteiger charge is 2.27. The highest BCUT2D eigenvalue weighted by Crippen LogP contribution is 2.29. The first-order valence-corrected chi connectivity index (χ1v) is 10.3. The minimum Gasteiger partial charge on any atom is -0.489 e. The zero-order chi connectivity index (χ0) is 20.8. The number of rotatable bonds is 9. The number of halogens is 2. The lowest BCUT2D eigenvalue weighted by Crippen LogP contribution is -2.42. The summed E-state index contributed by atoms with van der Waals surface area (Å²) in [6, 6.07) is 12.9. The van der Waals surface area contributed by atoms with E-state index < -0.39 is 6.08 Å². The zero-order valence-corrected chi connectivity index (χ0v) is 17.4. The van der Waals surface area contributed by atoms with Crippen LogP contribution in [0.15, 0.2) is 59.0 Å². The van der Waals surface area contributed by atoms with E-state index in [1.54, 1.807) is 12.1 Å². The molecule has 2 aromatic rings. The van der Waals surface area contributed by atoms with Crippen molar-refractivity contribution in [2.75, 3.05) is 19.0 Å². The fourth-order valence-electron chi connectivity index (χ4n) is 2.67. The molecule has 29 heavy (non-hydrogen) atoms. The summed E-state index contributed by atoms with van der Waals surface area (Å²) in [7, 11) is 0. The Hall–Kier alpha value is -2.09. The van der Waals surface area contributed by atoms with Gasteiger partial charge in [0.05, 0.1) is 0 Å². The SMILES string of the molecule is Cc1ccc(OCC(CSc2ccc(OCC3OC(C)O3)c(C)c2)=C(F)F)cc1. The first-order valence-electron chi connectivity index (χ1n) is 9.30. The maximum Gasteiger partial charge on any atom is 0.273 e. The number of benzene rings is 2. The lowest BCUT2D eigenvalue weighted by molar-refractivity contribution is -0.380. The van der Waals surface area contributed by atoms with Crippen molar-refractivity contribution in [2.45, 2.75) is 38.2 Å². The van der Waals surface area contributed by atoms with Crippen LogP contribution in [0.5, 0.6) is 11.5 Å². The van der Waals surface area contributed by atoms with Gasteiger partial charge in [0.2, 0.25) is 0 Å². The number of hydrogen-bond donors (Lipinski definition) is 0. The molecule has 1 saturated heterocycles. The maximum atomic E-state index is 13.3. The number of aryl methyl sites for hydroxylation is 2. The van der Waals surface area contributed by atoms with Gasteiger partial charge >= 0.3 is 0 Å². The van der Waals surface area contributed by atoms with Crippen LogP contribution < -0.4 is 9.47 Å². The molecular weight excluding hydrogens is 398 g/mol. The maximum absolute atomic E-state index is 13.3. The Morgan fingerprint density at radius 1 is 1.03 bits per heavy atom. The number of hydrogen-bond acceptors (Lipinski definition) is 5. The van der Waals surface area contributed by atoms with Gasteiger partial charge in [0.15, 0.2) is 12.6 Å². The Balaban J connectivity index is 1.50. The molecule has 4 nitrogen and oxygen atoms in total. The number of thioether (sulfide) groups is 1. The first kappa shape index (κ1) is 21.6. The van der Waals surface area contributed by atoms with Crippen LogP contribution in [0.4, 0.5) is 8.78 Å². The van der Waals surface area contributed by atoms with Crippen molar-refractivity contribution in [3.63, 3.8) is 0 Å². The third kappa shape index (κ3) is 6.45. The predicted molar refractivity (Wildman–Crippen MR) is 109 cm³/mol. The fourth-order valence-corrected chi connectivity index (χ4v) is 3.63. The fraction of sp³-hybridized carbons (Fsp3) is 0.364. The Bertz CT molecular complexity index is 844. The van der Waals surface area contributed by atoms with Gasteiger partial charge in [0.1, 0.15) is 24.7 Å². The molecule has 3 rings (SSSR count). The molecular formula is C22H24F2O4S. The average molecular weight is 422 g/mol. The monoisotopic (exact) mass is 422 g/mol. The zero-order valence-electron chi connectivity index (χ0n) is 16.6. The molecule has 1 aliphatic rings. The minimum atomic E-state index is -1.70. The molecule has 1 aliphatic heterocycles. The lowest BCUT2D eigenvalue weighted by atomic mass is 10.2. The topological polar surface area (TPSA) is 36.9 Å². The molecule has 0 unspecified atom stereocenters. The molecule has 0 bridgehead atoms. The quantitative estimate of drug-likeness (QED) is 0.483. The van der Waals surface area contributed by atoms with Crippen molar-refractivity contribution < 1.29 is 27.7 Å². The van der Waals surface area contributed by atoms with Crippen molar-refractivity contribution >= 4 is 11.8 Å². The van der Waals surface area contributed by atoms with Crippen LogP contribution in [-0.4, -0.2) is 31.5 Å². The summed E-state index contributed by atoms with van der Waals surface area (Å²) in [4.78, 5) is 0.883. The number of ether oxygens (including phenoxy) is 4. The summed E-state index contributed by atoms with van der Waals surface area (Å²) in [5.74, 6) is 1.44. The summed E-state index contributed by atoms with van der Waals surface area (Å²) >= 11 is 1.33. The predicted octanol–water partition coefficient (Wildman–Crippen LogP) is 5.72. The minimum absolute atomic E-state index is 0.0260. The normalized spacial score (nSPS) is 18.1. The molecule has 1 fully saturated rings. The molecule has 0 radical (unpaired) electrons. The van der Waals surface area contributed by atoms with Crippen molar-refractivity contribution in [1.29, 1.82) is 0 Å². The lowest BCUT2D eigenvalue weighted by Gasteiger charge is -2.33. The second-order valence-corrected chi connectivity index (χ2v) is 7.81. The van der Waals surface area contributed by atoms with Crippen LogP contribution in [0.25, 0.3) is 0 Å². The molecule has 7 heteroatoms. The highest BCUT2D eigenvalue weighted by atomic mass is 32.2. The summed E-state index contributed by atoms with van der Waals surface area (Å²) < 4.78 is 48.5. The van der Waals surface area contributed by atoms with Crippen molar-refractivity contribution in [3.05, 3.63) is 65.2 Å². The molecule has 1 heterocycles. The van der Waals surface area contributed by atoms with Gasteiger partial charge in [-0.15, -0.1) is 11.8 Å². The second-order valence-electron chi connectivity index (χ2n) is 6.76. The van der Waals surface area contributed by atoms with Gasteiger partial charge in [-0.1, -0.05) is 17.7 Å². The van der Waals surface area contributed by atoms with Gasteiger partial charge < -0.3 is 18.9 Å². The van der Waals surface area contributed by atoms with E-state index in [1.165, 1.54) is 11.8 Å². The van der Waals surface area contributed by atoms with Gasteiger partial charge in [-0.25, -0.2) is 0 Å². The van der Waals surface area contributed by atoms with E-state index in [-0.39, 0.29) is 30.5 Å². The van der Waals surface area contributed by atoms with Gasteiger partial charge in [0.25, 0.3) is 6.08 Å². The van der Waals surface area contributed by atoms with Crippen molar-refractivity contribution in [1.82, 2.24) is 0 Å². The van der Waals surface area contributed by atoms with Crippen LogP contribution >= 0.6 is 11.8 Å². The summed E-state index contributed by atoms with van der Waals surface area (Å²) in [6.45, 7) is 5.87. The molecule has 2 aromatic carbocycles. The van der Waals surface area contributed by atoms with E-state index >= 15 is 0 Å². The Labute approximate surface area is 173 Å². The van der Waals surface area contributed by atoms with Gasteiger partial charge in [-0.05, 0) is 56.7 Å². The first-order chi connectivity index (χ1) is 13.9. The Morgan fingerprint density at radius 2 is 1.76 bits per heavy atom. The smallest absolute Gasteiger partial charge is 0.273 e. The average Bonchev–Trinajstić information content (AvgIpc) is 2.66. The largest absolute Gasteiger partial charge is 0.489 e. The third-order valence-electron chi connectivity index (χ3n) is 4.32. The standard InChI is InChI=1S/C22H24F2O4S/c1-14-4-6-18(7-5-14)25-11-17(22(23)24)13-29-19-8-9-20(15(2)10-19)26-12-21-27-16(3)28-21/h4-10,16,21H,11-13H2,1-3H3. The van der Waals surface area contributed by atoms with Crippen LogP contribution in [0, 0.1) is 13.8 Å². The molecule has 0 saturated carbocycles. The molecule has 0 aromatic heterocycles. The van der Waals surface area contributed by atoms with Crippen LogP contribution in [0.3, 0.4) is 0 Å². The summed E-state index contributed by atoms with van der Waals surface area (Å²) in [5, 5.41) is 0. The molecule has 0 atom stereocenters. The van der Waals surface area contributed by atoms with E-state index in [2.05, 4.69) is 0 Å². The van der Waals surface area contributed by atoms with E-state index in [4.69, 9.17) is 18.9 Å². The molecule has 0 amide bonds. The van der Waals surface area contributed by atoms with E-state index in [1.807, 2.05) is 51.1 Å². The molecule has 0 spiro atoms. The van der Waals surface area contributed by atoms with Crippen molar-refractivity contribution in [2.24, 2.45) is 0 Å². The van der Waals surface area contributed by atoms with Gasteiger partial charge in [0, 0.05) is 16.2 Å². The summed E-state index contributed by atoms with van der Waals surface area (Å²) in [6.07, 6.45) is -2.22. The van der Waals surface area contributed by atoms with Crippen LogP contribution in [-0.2, 0) is 9.47 Å². The Kier molecular flexibility index (Phi) is 7.52. The van der Waals surface area contributed by atoms with E-state index in [0.29, 0.717) is 12.4 Å². The van der Waals surface area contributed by atoms with Gasteiger partial charge in [-0.3, -0.25) is 0 Å². The molecule has 0 N–H and O–H groups in total. The van der Waals surface area contributed by atoms with Crippen molar-refractivity contribution in [3.8, 4) is 11.5 Å². The van der Waals surface area contributed by atoms with E-state index in [0.717, 1.165) is 21.8 Å². The third-order valence-corrected chi connectivity index (χ3v) is 5.40. The second kappa shape index (κ2) is 10.1. The van der Waals surface area contributed by atoms with Crippen LogP contribution in [0.1, 0.15) is 18.1 Å². The van der Waals surface area contributed by atoms with Gasteiger partial charge in [-0.2, -0.15) is 8.78 Å². The molecule has 0 aliphatic carbocycles.